The summed E-state index contributed by atoms with van der Waals surface area (Å²) in [5.41, 5.74) is 19.2. The van der Waals surface area contributed by atoms with Crippen molar-refractivity contribution in [2.45, 2.75) is 5.41 Å². The molecule has 2 heterocycles. The van der Waals surface area contributed by atoms with E-state index in [4.69, 9.17) is 19.4 Å². The van der Waals surface area contributed by atoms with Crippen LogP contribution >= 0.6 is 0 Å². The molecule has 288 valence electrons. The highest BCUT2D eigenvalue weighted by Gasteiger charge is 2.51. The maximum Gasteiger partial charge on any atom is 0.164 e. The summed E-state index contributed by atoms with van der Waals surface area (Å²) < 4.78 is 6.15. The average molecular weight is 790 g/mol. The molecule has 13 rings (SSSR count). The minimum atomic E-state index is -0.346. The molecule has 0 radical (unpaired) electrons. The third kappa shape index (κ3) is 5.04. The van der Waals surface area contributed by atoms with Gasteiger partial charge < -0.3 is 4.42 Å². The van der Waals surface area contributed by atoms with E-state index in [0.29, 0.717) is 17.5 Å². The normalized spacial score (nSPS) is 13.0. The van der Waals surface area contributed by atoms with Gasteiger partial charge in [0.25, 0.3) is 0 Å². The maximum absolute atomic E-state index is 6.15. The summed E-state index contributed by atoms with van der Waals surface area (Å²) in [5, 5.41) is 2.10. The van der Waals surface area contributed by atoms with Crippen LogP contribution in [0.25, 0.3) is 101 Å². The van der Waals surface area contributed by atoms with Crippen LogP contribution in [0.4, 0.5) is 0 Å². The summed E-state index contributed by atoms with van der Waals surface area (Å²) in [4.78, 5) is 15.4. The third-order valence-electron chi connectivity index (χ3n) is 13.0. The first-order valence-corrected chi connectivity index (χ1v) is 21.1. The summed E-state index contributed by atoms with van der Waals surface area (Å²) >= 11 is 0. The number of furan rings is 1. The topological polar surface area (TPSA) is 51.8 Å². The van der Waals surface area contributed by atoms with Gasteiger partial charge in [-0.3, -0.25) is 0 Å². The third-order valence-corrected chi connectivity index (χ3v) is 13.0. The van der Waals surface area contributed by atoms with Crippen molar-refractivity contribution in [1.29, 1.82) is 0 Å². The zero-order valence-corrected chi connectivity index (χ0v) is 33.5. The molecule has 0 aliphatic heterocycles. The van der Waals surface area contributed by atoms with E-state index < -0.39 is 0 Å². The van der Waals surface area contributed by atoms with E-state index in [9.17, 15) is 0 Å². The van der Waals surface area contributed by atoms with Crippen LogP contribution in [0.3, 0.4) is 0 Å². The van der Waals surface area contributed by atoms with Crippen molar-refractivity contribution in [3.8, 4) is 78.7 Å². The molecule has 0 saturated heterocycles. The molecular weight excluding hydrogens is 755 g/mol. The van der Waals surface area contributed by atoms with E-state index in [1.54, 1.807) is 0 Å². The Morgan fingerprint density at radius 3 is 1.47 bits per heavy atom. The van der Waals surface area contributed by atoms with Gasteiger partial charge in [0.05, 0.1) is 5.41 Å². The van der Waals surface area contributed by atoms with Gasteiger partial charge in [-0.2, -0.15) is 0 Å². The molecule has 1 spiro atoms. The Hall–Kier alpha value is -8.21. The van der Waals surface area contributed by atoms with E-state index in [-0.39, 0.29) is 5.41 Å². The second-order valence-corrected chi connectivity index (χ2v) is 16.3. The molecule has 9 aromatic carbocycles. The van der Waals surface area contributed by atoms with Crippen molar-refractivity contribution in [2.75, 3.05) is 0 Å². The van der Waals surface area contributed by atoms with Gasteiger partial charge in [0.1, 0.15) is 11.2 Å². The molecule has 11 aromatic rings. The fourth-order valence-electron chi connectivity index (χ4n) is 10.3. The quantitative estimate of drug-likeness (QED) is 0.174. The zero-order chi connectivity index (χ0) is 40.8. The number of hydrogen-bond acceptors (Lipinski definition) is 4. The van der Waals surface area contributed by atoms with Crippen molar-refractivity contribution in [3.63, 3.8) is 0 Å². The van der Waals surface area contributed by atoms with E-state index in [0.717, 1.165) is 55.3 Å². The van der Waals surface area contributed by atoms with Crippen LogP contribution in [-0.4, -0.2) is 15.0 Å². The van der Waals surface area contributed by atoms with E-state index in [1.807, 2.05) is 60.7 Å². The maximum atomic E-state index is 6.15. The first-order chi connectivity index (χ1) is 30.7. The van der Waals surface area contributed by atoms with Crippen LogP contribution in [-0.2, 0) is 5.41 Å². The predicted molar refractivity (Wildman–Crippen MR) is 251 cm³/mol. The van der Waals surface area contributed by atoms with E-state index in [1.165, 1.54) is 50.1 Å². The lowest BCUT2D eigenvalue weighted by Crippen LogP contribution is -2.25. The van der Waals surface area contributed by atoms with Crippen LogP contribution in [0.1, 0.15) is 22.3 Å². The van der Waals surface area contributed by atoms with Crippen LogP contribution in [0.15, 0.2) is 217 Å². The number of fused-ring (bicyclic) bond motifs is 13. The molecule has 2 aliphatic carbocycles. The average Bonchev–Trinajstić information content (AvgIpc) is 3.98. The summed E-state index contributed by atoms with van der Waals surface area (Å²) in [6.07, 6.45) is 0. The van der Waals surface area contributed by atoms with E-state index in [2.05, 4.69) is 152 Å². The lowest BCUT2D eigenvalue weighted by atomic mass is 9.70. The van der Waals surface area contributed by atoms with Crippen molar-refractivity contribution in [1.82, 2.24) is 15.0 Å². The van der Waals surface area contributed by atoms with Crippen molar-refractivity contribution < 1.29 is 4.42 Å². The molecule has 0 bridgehead atoms. The molecule has 2 aliphatic rings. The molecule has 0 unspecified atom stereocenters. The first-order valence-electron chi connectivity index (χ1n) is 21.1. The Morgan fingerprint density at radius 2 is 0.758 bits per heavy atom. The number of hydrogen-bond donors (Lipinski definition) is 0. The van der Waals surface area contributed by atoms with Gasteiger partial charge in [-0.1, -0.05) is 182 Å². The van der Waals surface area contributed by atoms with Crippen LogP contribution in [0, 0.1) is 0 Å². The molecule has 0 atom stereocenters. The number of rotatable bonds is 5. The van der Waals surface area contributed by atoms with Gasteiger partial charge in [-0.15, -0.1) is 0 Å². The lowest BCUT2D eigenvalue weighted by Gasteiger charge is -2.30. The molecule has 2 aromatic heterocycles. The van der Waals surface area contributed by atoms with Crippen molar-refractivity contribution in [3.05, 3.63) is 235 Å². The number of benzene rings is 9. The Labute approximate surface area is 358 Å². The van der Waals surface area contributed by atoms with Crippen LogP contribution in [0.2, 0.25) is 0 Å². The Kier molecular flexibility index (Phi) is 7.49. The largest absolute Gasteiger partial charge is 0.456 e. The molecule has 4 heteroatoms. The summed E-state index contributed by atoms with van der Waals surface area (Å²) in [6.45, 7) is 0. The summed E-state index contributed by atoms with van der Waals surface area (Å²) in [6, 6.07) is 75.7. The number of nitrogens with zero attached hydrogens (tertiary/aromatic N) is 3. The number of aromatic nitrogens is 3. The van der Waals surface area contributed by atoms with Gasteiger partial charge in [-0.05, 0) is 97.1 Å². The Morgan fingerprint density at radius 1 is 0.274 bits per heavy atom. The molecule has 0 saturated carbocycles. The second kappa shape index (κ2) is 13.4. The fourth-order valence-corrected chi connectivity index (χ4v) is 10.3. The minimum absolute atomic E-state index is 0.346. The highest BCUT2D eigenvalue weighted by atomic mass is 16.3. The van der Waals surface area contributed by atoms with Gasteiger partial charge in [-0.25, -0.2) is 15.0 Å². The summed E-state index contributed by atoms with van der Waals surface area (Å²) in [7, 11) is 0. The predicted octanol–water partition coefficient (Wildman–Crippen LogP) is 14.4. The molecule has 4 nitrogen and oxygen atoms in total. The minimum Gasteiger partial charge on any atom is -0.456 e. The summed E-state index contributed by atoms with van der Waals surface area (Å²) in [5.74, 6) is 1.85. The standard InChI is InChI=1S/C58H35N3O/c1-2-14-38(15-3-1)55-59-56(40-31-33-54-48(35-40)45-20-9-13-25-53(45)62-54)61-57(60-55)46-21-5-4-16-41(46)37-28-26-36(27-29-37)39-30-32-52-47(34-39)44-19-8-12-24-51(44)58(52)49-22-10-6-17-42(49)43-18-7-11-23-50(43)58/h1-35H. The van der Waals surface area contributed by atoms with Gasteiger partial charge >= 0.3 is 0 Å². The SMILES string of the molecule is c1ccc(-c2nc(-c3ccc4oc5ccccc5c4c3)nc(-c3ccccc3-c3ccc(-c4ccc5c(c4)-c4ccccc4C54c5ccccc5-c5ccccc54)cc3)n2)cc1. The van der Waals surface area contributed by atoms with Gasteiger partial charge in [0, 0.05) is 27.5 Å². The molecular formula is C58H35N3O. The molecule has 0 N–H and O–H groups in total. The fraction of sp³-hybridized carbons (Fsp3) is 0.0172. The van der Waals surface area contributed by atoms with Crippen LogP contribution < -0.4 is 0 Å². The van der Waals surface area contributed by atoms with Crippen LogP contribution in [0.5, 0.6) is 0 Å². The molecule has 0 fully saturated rings. The highest BCUT2D eigenvalue weighted by Crippen LogP contribution is 2.63. The van der Waals surface area contributed by atoms with Crippen molar-refractivity contribution >= 4 is 21.9 Å². The Bertz CT molecular complexity index is 3540. The monoisotopic (exact) mass is 789 g/mol. The van der Waals surface area contributed by atoms with Gasteiger partial charge in [0.15, 0.2) is 17.5 Å². The van der Waals surface area contributed by atoms with Gasteiger partial charge in [0.2, 0.25) is 0 Å². The zero-order valence-electron chi connectivity index (χ0n) is 33.5. The molecule has 0 amide bonds. The smallest absolute Gasteiger partial charge is 0.164 e. The molecule has 62 heavy (non-hydrogen) atoms. The lowest BCUT2D eigenvalue weighted by molar-refractivity contribution is 0.669. The first kappa shape index (κ1) is 34.6. The number of para-hydroxylation sites is 1. The highest BCUT2D eigenvalue weighted by molar-refractivity contribution is 6.06. The van der Waals surface area contributed by atoms with E-state index >= 15 is 0 Å². The van der Waals surface area contributed by atoms with Crippen molar-refractivity contribution in [2.24, 2.45) is 0 Å². The second-order valence-electron chi connectivity index (χ2n) is 16.3. The Balaban J connectivity index is 0.904.